The maximum Gasteiger partial charge on any atom is 0.331 e. The molecule has 0 radical (unpaired) electrons. The van der Waals surface area contributed by atoms with E-state index in [0.717, 1.165) is 21.4 Å². The first kappa shape index (κ1) is 19.1. The first-order valence-corrected chi connectivity index (χ1v) is 9.23. The van der Waals surface area contributed by atoms with E-state index in [1.54, 1.807) is 35.0 Å². The van der Waals surface area contributed by atoms with Crippen LogP contribution in [-0.4, -0.2) is 33.2 Å². The van der Waals surface area contributed by atoms with Crippen molar-refractivity contribution in [2.45, 2.75) is 13.1 Å². The van der Waals surface area contributed by atoms with Gasteiger partial charge in [-0.3, -0.25) is 24.6 Å². The van der Waals surface area contributed by atoms with Crippen LogP contribution in [0.5, 0.6) is 0 Å². The molecule has 8 heteroatoms. The van der Waals surface area contributed by atoms with Crippen molar-refractivity contribution in [3.63, 3.8) is 0 Å². The number of primary amides is 1. The number of nitrogens with zero attached hydrogens (tertiary/aromatic N) is 2. The Bertz CT molecular complexity index is 1210. The first-order valence-electron chi connectivity index (χ1n) is 9.23. The third-order valence-electron chi connectivity index (χ3n) is 4.81. The van der Waals surface area contributed by atoms with Crippen LogP contribution in [0.4, 0.5) is 4.79 Å². The number of carbonyl (C=O) groups is 4. The lowest BCUT2D eigenvalue weighted by molar-refractivity contribution is -0.130. The van der Waals surface area contributed by atoms with Gasteiger partial charge in [-0.2, -0.15) is 0 Å². The van der Waals surface area contributed by atoms with Gasteiger partial charge in [-0.05, 0) is 17.7 Å². The largest absolute Gasteiger partial charge is 0.368 e. The highest BCUT2D eigenvalue weighted by Gasteiger charge is 2.35. The Kier molecular flexibility index (Phi) is 4.89. The van der Waals surface area contributed by atoms with Crippen molar-refractivity contribution in [2.24, 2.45) is 5.73 Å². The van der Waals surface area contributed by atoms with E-state index < -0.39 is 23.8 Å². The minimum Gasteiger partial charge on any atom is -0.368 e. The van der Waals surface area contributed by atoms with Gasteiger partial charge in [-0.15, -0.1) is 0 Å². The third-order valence-corrected chi connectivity index (χ3v) is 4.81. The van der Waals surface area contributed by atoms with E-state index in [1.165, 1.54) is 6.08 Å². The lowest BCUT2D eigenvalue weighted by Gasteiger charge is -2.26. The molecule has 3 aromatic rings. The second-order valence-corrected chi connectivity index (χ2v) is 6.89. The van der Waals surface area contributed by atoms with E-state index in [-0.39, 0.29) is 18.7 Å². The molecular weight excluding hydrogens is 384 g/mol. The minimum atomic E-state index is -0.763. The van der Waals surface area contributed by atoms with Gasteiger partial charge in [0.1, 0.15) is 12.1 Å². The molecule has 0 unspecified atom stereocenters. The van der Waals surface area contributed by atoms with Crippen LogP contribution >= 0.6 is 0 Å². The number of fused-ring (bicyclic) bond motifs is 1. The highest BCUT2D eigenvalue weighted by atomic mass is 16.2. The molecular formula is C22H18N4O4. The number of benzene rings is 2. The van der Waals surface area contributed by atoms with E-state index in [0.29, 0.717) is 5.56 Å². The predicted molar refractivity (Wildman–Crippen MR) is 110 cm³/mol. The average Bonchev–Trinajstić information content (AvgIpc) is 3.06. The van der Waals surface area contributed by atoms with E-state index in [1.807, 2.05) is 30.3 Å². The van der Waals surface area contributed by atoms with Gasteiger partial charge in [-0.1, -0.05) is 48.5 Å². The van der Waals surface area contributed by atoms with E-state index >= 15 is 0 Å². The third kappa shape index (κ3) is 3.58. The number of amides is 5. The summed E-state index contributed by atoms with van der Waals surface area (Å²) >= 11 is 0. The van der Waals surface area contributed by atoms with Gasteiger partial charge in [0.15, 0.2) is 0 Å². The smallest absolute Gasteiger partial charge is 0.331 e. The topological polar surface area (TPSA) is 114 Å². The maximum atomic E-state index is 13.0. The Morgan fingerprint density at radius 2 is 1.70 bits per heavy atom. The molecule has 30 heavy (non-hydrogen) atoms. The fourth-order valence-electron chi connectivity index (χ4n) is 3.45. The van der Waals surface area contributed by atoms with Gasteiger partial charge < -0.3 is 10.3 Å². The van der Waals surface area contributed by atoms with Crippen molar-refractivity contribution in [2.75, 3.05) is 0 Å². The summed E-state index contributed by atoms with van der Waals surface area (Å²) in [5.74, 6) is -1.96. The summed E-state index contributed by atoms with van der Waals surface area (Å²) in [5.41, 5.74) is 7.23. The quantitative estimate of drug-likeness (QED) is 0.500. The van der Waals surface area contributed by atoms with Crippen molar-refractivity contribution >= 4 is 40.7 Å². The molecule has 150 valence electrons. The minimum absolute atomic E-state index is 0.0392. The molecule has 0 saturated carbocycles. The van der Waals surface area contributed by atoms with Crippen LogP contribution in [0.3, 0.4) is 0 Å². The Morgan fingerprint density at radius 1 is 1.00 bits per heavy atom. The molecule has 1 aromatic heterocycles. The summed E-state index contributed by atoms with van der Waals surface area (Å²) in [6.45, 7) is 0.00199. The Labute approximate surface area is 171 Å². The van der Waals surface area contributed by atoms with E-state index in [4.69, 9.17) is 5.73 Å². The van der Waals surface area contributed by atoms with Gasteiger partial charge in [0, 0.05) is 22.7 Å². The van der Waals surface area contributed by atoms with Crippen molar-refractivity contribution in [1.82, 2.24) is 14.8 Å². The summed E-state index contributed by atoms with van der Waals surface area (Å²) in [7, 11) is 0. The van der Waals surface area contributed by atoms with Gasteiger partial charge in [0.25, 0.3) is 11.8 Å². The summed E-state index contributed by atoms with van der Waals surface area (Å²) in [5, 5.41) is 2.96. The normalized spacial score (nSPS) is 15.7. The van der Waals surface area contributed by atoms with Crippen molar-refractivity contribution < 1.29 is 19.2 Å². The second-order valence-electron chi connectivity index (χ2n) is 6.89. The van der Waals surface area contributed by atoms with Gasteiger partial charge in [-0.25, -0.2) is 4.79 Å². The Hall–Kier alpha value is -4.20. The number of imide groups is 2. The second kappa shape index (κ2) is 7.67. The fourth-order valence-corrected chi connectivity index (χ4v) is 3.45. The molecule has 3 N–H and O–H groups in total. The van der Waals surface area contributed by atoms with Crippen LogP contribution in [0.25, 0.3) is 17.0 Å². The zero-order chi connectivity index (χ0) is 21.3. The number of aromatic nitrogens is 1. The molecule has 0 bridgehead atoms. The molecule has 0 aliphatic carbocycles. The number of nitrogens with two attached hydrogens (primary N) is 1. The highest BCUT2D eigenvalue weighted by Crippen LogP contribution is 2.25. The molecule has 1 fully saturated rings. The number of urea groups is 1. The van der Waals surface area contributed by atoms with Crippen LogP contribution in [0.15, 0.2) is 66.4 Å². The van der Waals surface area contributed by atoms with Crippen LogP contribution in [-0.2, 0) is 27.5 Å². The van der Waals surface area contributed by atoms with Gasteiger partial charge in [0.2, 0.25) is 5.91 Å². The number of hydrogen-bond acceptors (Lipinski definition) is 4. The Morgan fingerprint density at radius 3 is 2.43 bits per heavy atom. The van der Waals surface area contributed by atoms with Gasteiger partial charge >= 0.3 is 6.03 Å². The lowest BCUT2D eigenvalue weighted by Crippen LogP contribution is -2.53. The monoisotopic (exact) mass is 402 g/mol. The molecule has 0 spiro atoms. The summed E-state index contributed by atoms with van der Waals surface area (Å²) < 4.78 is 1.65. The van der Waals surface area contributed by atoms with Gasteiger partial charge in [0.05, 0.1) is 6.54 Å². The highest BCUT2D eigenvalue weighted by molar-refractivity contribution is 6.31. The van der Waals surface area contributed by atoms with E-state index in [2.05, 4.69) is 5.32 Å². The summed E-state index contributed by atoms with van der Waals surface area (Å²) in [6, 6.07) is 15.5. The molecule has 4 rings (SSSR count). The number of nitrogens with one attached hydrogen (secondary N) is 1. The molecule has 1 aliphatic rings. The molecule has 8 nitrogen and oxygen atoms in total. The SMILES string of the molecule is NC(=O)Cn1cc(/C=C2/C(=O)NC(=O)N(Cc3ccccc3)C2=O)c2ccccc21. The standard InChI is InChI=1S/C22H18N4O4/c23-19(27)13-25-12-15(16-8-4-5-9-18(16)25)10-17-20(28)24-22(30)26(21(17)29)11-14-6-2-1-3-7-14/h1-10,12H,11,13H2,(H2,23,27)(H,24,28,30)/b17-10-. The Balaban J connectivity index is 1.73. The summed E-state index contributed by atoms with van der Waals surface area (Å²) in [4.78, 5) is 50.0. The van der Waals surface area contributed by atoms with E-state index in [9.17, 15) is 19.2 Å². The number of para-hydroxylation sites is 1. The molecule has 0 atom stereocenters. The summed E-state index contributed by atoms with van der Waals surface area (Å²) in [6.07, 6.45) is 3.09. The molecule has 1 aliphatic heterocycles. The number of rotatable bonds is 5. The molecule has 1 saturated heterocycles. The number of carbonyl (C=O) groups excluding carboxylic acids is 4. The van der Waals surface area contributed by atoms with Crippen molar-refractivity contribution in [1.29, 1.82) is 0 Å². The van der Waals surface area contributed by atoms with Crippen LogP contribution in [0.2, 0.25) is 0 Å². The molecule has 2 aromatic carbocycles. The van der Waals surface area contributed by atoms with Crippen LogP contribution < -0.4 is 11.1 Å². The molecule has 2 heterocycles. The zero-order valence-electron chi connectivity index (χ0n) is 15.9. The molecule has 5 amide bonds. The fraction of sp³-hybridized carbons (Fsp3) is 0.0909. The zero-order valence-corrected chi connectivity index (χ0v) is 15.9. The first-order chi connectivity index (χ1) is 14.4. The maximum absolute atomic E-state index is 13.0. The van der Waals surface area contributed by atoms with Crippen molar-refractivity contribution in [3.8, 4) is 0 Å². The lowest BCUT2D eigenvalue weighted by atomic mass is 10.1. The van der Waals surface area contributed by atoms with Crippen molar-refractivity contribution in [3.05, 3.63) is 77.5 Å². The number of hydrogen-bond donors (Lipinski definition) is 2. The van der Waals surface area contributed by atoms with Crippen LogP contribution in [0, 0.1) is 0 Å². The number of barbiturate groups is 1. The predicted octanol–water partition coefficient (Wildman–Crippen LogP) is 1.79. The van der Waals surface area contributed by atoms with Crippen LogP contribution in [0.1, 0.15) is 11.1 Å². The average molecular weight is 402 g/mol.